The van der Waals surface area contributed by atoms with Crippen LogP contribution in [0.5, 0.6) is 0 Å². The highest BCUT2D eigenvalue weighted by Gasteiger charge is 2.43. The Labute approximate surface area is 72.6 Å². The molecule has 66 valence electrons. The van der Waals surface area contributed by atoms with Gasteiger partial charge in [0, 0.05) is 13.0 Å². The fourth-order valence-electron chi connectivity index (χ4n) is 2.10. The van der Waals surface area contributed by atoms with Gasteiger partial charge in [-0.2, -0.15) is 0 Å². The maximum absolute atomic E-state index is 11.5. The zero-order chi connectivity index (χ0) is 8.60. The molecule has 12 heavy (non-hydrogen) atoms. The van der Waals surface area contributed by atoms with Crippen LogP contribution in [0.4, 0.5) is 0 Å². The van der Waals surface area contributed by atoms with Gasteiger partial charge in [0.05, 0.1) is 0 Å². The van der Waals surface area contributed by atoms with Gasteiger partial charge >= 0.3 is 0 Å². The Balaban J connectivity index is 2.15. The van der Waals surface area contributed by atoms with Gasteiger partial charge in [-0.3, -0.25) is 4.79 Å². The first-order valence-electron chi connectivity index (χ1n) is 4.58. The predicted octanol–water partition coefficient (Wildman–Crippen LogP) is 1.70. The van der Waals surface area contributed by atoms with E-state index in [1.54, 1.807) is 6.08 Å². The van der Waals surface area contributed by atoms with Gasteiger partial charge in [0.1, 0.15) is 5.60 Å². The predicted molar refractivity (Wildman–Crippen MR) is 45.8 cm³/mol. The first-order chi connectivity index (χ1) is 5.73. The molecule has 2 heteroatoms. The molecule has 0 N–H and O–H groups in total. The summed E-state index contributed by atoms with van der Waals surface area (Å²) in [4.78, 5) is 11.5. The summed E-state index contributed by atoms with van der Waals surface area (Å²) in [6, 6.07) is 0. The van der Waals surface area contributed by atoms with Crippen LogP contribution in [0.3, 0.4) is 0 Å². The van der Waals surface area contributed by atoms with Crippen LogP contribution in [-0.2, 0) is 9.53 Å². The van der Waals surface area contributed by atoms with Crippen molar-refractivity contribution in [3.63, 3.8) is 0 Å². The molecule has 0 bridgehead atoms. The number of hydrogen-bond acceptors (Lipinski definition) is 2. The second-order valence-corrected chi connectivity index (χ2v) is 3.91. The van der Waals surface area contributed by atoms with Gasteiger partial charge in [-0.25, -0.2) is 0 Å². The standard InChI is InChI=1S/C10H14O2/c1-8-4-6-12-10(7-8)5-2-3-9(10)11/h2-3,8H,4-7H2,1H3. The molecular weight excluding hydrogens is 152 g/mol. The van der Waals surface area contributed by atoms with Gasteiger partial charge in [-0.15, -0.1) is 0 Å². The minimum atomic E-state index is -0.447. The third-order valence-electron chi connectivity index (χ3n) is 2.83. The molecule has 0 aromatic heterocycles. The highest BCUT2D eigenvalue weighted by molar-refractivity contribution is 5.99. The SMILES string of the molecule is CC1CCOC2(CC=CC2=O)C1. The molecule has 0 saturated carbocycles. The lowest BCUT2D eigenvalue weighted by Crippen LogP contribution is -2.43. The minimum Gasteiger partial charge on any atom is -0.366 e. The van der Waals surface area contributed by atoms with Crippen LogP contribution < -0.4 is 0 Å². The van der Waals surface area contributed by atoms with Crippen LogP contribution in [0, 0.1) is 5.92 Å². The van der Waals surface area contributed by atoms with Crippen molar-refractivity contribution >= 4 is 5.78 Å². The number of ketones is 1. The fourth-order valence-corrected chi connectivity index (χ4v) is 2.10. The average molecular weight is 166 g/mol. The highest BCUT2D eigenvalue weighted by atomic mass is 16.5. The molecule has 0 amide bonds. The van der Waals surface area contributed by atoms with E-state index in [9.17, 15) is 4.79 Å². The summed E-state index contributed by atoms with van der Waals surface area (Å²) in [5.74, 6) is 0.802. The third-order valence-corrected chi connectivity index (χ3v) is 2.83. The lowest BCUT2D eigenvalue weighted by molar-refractivity contribution is -0.147. The number of ether oxygens (including phenoxy) is 1. The van der Waals surface area contributed by atoms with Crippen LogP contribution in [0.25, 0.3) is 0 Å². The molecule has 1 aliphatic carbocycles. The highest BCUT2D eigenvalue weighted by Crippen LogP contribution is 2.36. The van der Waals surface area contributed by atoms with Crippen molar-refractivity contribution in [3.8, 4) is 0 Å². The second-order valence-electron chi connectivity index (χ2n) is 3.91. The Morgan fingerprint density at radius 3 is 3.08 bits per heavy atom. The van der Waals surface area contributed by atoms with E-state index in [-0.39, 0.29) is 5.78 Å². The van der Waals surface area contributed by atoms with E-state index in [4.69, 9.17) is 4.74 Å². The molecule has 2 atom stereocenters. The van der Waals surface area contributed by atoms with E-state index in [2.05, 4.69) is 6.92 Å². The van der Waals surface area contributed by atoms with Gasteiger partial charge in [0.15, 0.2) is 5.78 Å². The molecular formula is C10H14O2. The molecule has 2 unspecified atom stereocenters. The van der Waals surface area contributed by atoms with E-state index in [1.165, 1.54) is 0 Å². The molecule has 2 rings (SSSR count). The molecule has 1 fully saturated rings. The zero-order valence-corrected chi connectivity index (χ0v) is 7.38. The lowest BCUT2D eigenvalue weighted by Gasteiger charge is -2.35. The summed E-state index contributed by atoms with van der Waals surface area (Å²) in [6.45, 7) is 2.93. The summed E-state index contributed by atoms with van der Waals surface area (Å²) < 4.78 is 5.60. The van der Waals surface area contributed by atoms with Crippen molar-refractivity contribution < 1.29 is 9.53 Å². The van der Waals surface area contributed by atoms with Crippen LogP contribution in [0.15, 0.2) is 12.2 Å². The largest absolute Gasteiger partial charge is 0.366 e. The maximum atomic E-state index is 11.5. The zero-order valence-electron chi connectivity index (χ0n) is 7.38. The molecule has 2 aliphatic rings. The summed E-state index contributed by atoms with van der Waals surface area (Å²) >= 11 is 0. The summed E-state index contributed by atoms with van der Waals surface area (Å²) in [7, 11) is 0. The molecule has 1 heterocycles. The summed E-state index contributed by atoms with van der Waals surface area (Å²) in [6.07, 6.45) is 6.38. The lowest BCUT2D eigenvalue weighted by atomic mass is 9.84. The van der Waals surface area contributed by atoms with Gasteiger partial charge in [-0.05, 0) is 24.8 Å². The Hall–Kier alpha value is -0.630. The first-order valence-corrected chi connectivity index (χ1v) is 4.58. The van der Waals surface area contributed by atoms with E-state index in [1.807, 2.05) is 6.08 Å². The van der Waals surface area contributed by atoms with Gasteiger partial charge in [0.2, 0.25) is 0 Å². The van der Waals surface area contributed by atoms with E-state index in [0.29, 0.717) is 5.92 Å². The molecule has 1 saturated heterocycles. The number of carbonyl (C=O) groups is 1. The smallest absolute Gasteiger partial charge is 0.187 e. The van der Waals surface area contributed by atoms with E-state index < -0.39 is 5.60 Å². The van der Waals surface area contributed by atoms with Crippen LogP contribution >= 0.6 is 0 Å². The van der Waals surface area contributed by atoms with Crippen molar-refractivity contribution in [1.82, 2.24) is 0 Å². The van der Waals surface area contributed by atoms with E-state index >= 15 is 0 Å². The Bertz CT molecular complexity index is 232. The van der Waals surface area contributed by atoms with E-state index in [0.717, 1.165) is 25.9 Å². The number of rotatable bonds is 0. The molecule has 0 aromatic carbocycles. The fraction of sp³-hybridized carbons (Fsp3) is 0.700. The van der Waals surface area contributed by atoms with Crippen molar-refractivity contribution in [3.05, 3.63) is 12.2 Å². The minimum absolute atomic E-state index is 0.175. The Morgan fingerprint density at radius 1 is 1.67 bits per heavy atom. The third kappa shape index (κ3) is 1.11. The van der Waals surface area contributed by atoms with Gasteiger partial charge < -0.3 is 4.74 Å². The van der Waals surface area contributed by atoms with Crippen molar-refractivity contribution in [2.75, 3.05) is 6.61 Å². The average Bonchev–Trinajstić information content (AvgIpc) is 2.33. The van der Waals surface area contributed by atoms with Crippen molar-refractivity contribution in [2.45, 2.75) is 31.8 Å². The van der Waals surface area contributed by atoms with Crippen LogP contribution in [0.2, 0.25) is 0 Å². The van der Waals surface area contributed by atoms with Gasteiger partial charge in [0.25, 0.3) is 0 Å². The molecule has 2 nitrogen and oxygen atoms in total. The first kappa shape index (κ1) is 7.99. The monoisotopic (exact) mass is 166 g/mol. The Kier molecular flexibility index (Phi) is 1.80. The molecule has 0 radical (unpaired) electrons. The van der Waals surface area contributed by atoms with Gasteiger partial charge in [-0.1, -0.05) is 13.0 Å². The number of hydrogen-bond donors (Lipinski definition) is 0. The molecule has 1 aliphatic heterocycles. The topological polar surface area (TPSA) is 26.3 Å². The van der Waals surface area contributed by atoms with Crippen LogP contribution in [0.1, 0.15) is 26.2 Å². The van der Waals surface area contributed by atoms with Crippen molar-refractivity contribution in [1.29, 1.82) is 0 Å². The molecule has 1 spiro atoms. The van der Waals surface area contributed by atoms with Crippen molar-refractivity contribution in [2.24, 2.45) is 5.92 Å². The Morgan fingerprint density at radius 2 is 2.50 bits per heavy atom. The van der Waals surface area contributed by atoms with Crippen LogP contribution in [-0.4, -0.2) is 18.0 Å². The normalized spacial score (nSPS) is 41.1. The maximum Gasteiger partial charge on any atom is 0.187 e. The summed E-state index contributed by atoms with van der Waals surface area (Å²) in [5.41, 5.74) is -0.447. The summed E-state index contributed by atoms with van der Waals surface area (Å²) in [5, 5.41) is 0. The quantitative estimate of drug-likeness (QED) is 0.547. The second kappa shape index (κ2) is 2.70. The number of carbonyl (C=O) groups excluding carboxylic acids is 1. The molecule has 0 aromatic rings.